The number of hydrogen-bond acceptors (Lipinski definition) is 14. The molecule has 8 amide bonds. The largest absolute Gasteiger partial charge is 0.480 e. The molecule has 0 radical (unpaired) electrons. The Morgan fingerprint density at radius 3 is 1.70 bits per heavy atom. The number of rotatable bonds is 28. The number of carbonyl (C=O) groups excluding carboxylic acids is 8. The van der Waals surface area contributed by atoms with Gasteiger partial charge in [-0.05, 0) is 64.7 Å². The first-order valence-corrected chi connectivity index (χ1v) is 20.7. The number of carboxylic acid groups (broad SMARTS) is 1. The van der Waals surface area contributed by atoms with Crippen molar-refractivity contribution < 1.29 is 58.5 Å². The van der Waals surface area contributed by atoms with E-state index in [4.69, 9.17) is 34.4 Å². The summed E-state index contributed by atoms with van der Waals surface area (Å²) in [5.74, 6) is -9.42. The molecule has 0 aromatic rings. The van der Waals surface area contributed by atoms with Crippen LogP contribution < -0.4 is 66.3 Å². The van der Waals surface area contributed by atoms with E-state index >= 15 is 0 Å². The number of aliphatic hydroxyl groups excluding tert-OH is 2. The minimum atomic E-state index is -1.68. The number of carbonyl (C=O) groups is 9. The van der Waals surface area contributed by atoms with E-state index in [1.165, 1.54) is 18.7 Å². The van der Waals surface area contributed by atoms with Crippen LogP contribution in [-0.4, -0.2) is 166 Å². The molecular weight excluding hydrogens is 846 g/mol. The molecule has 1 aliphatic heterocycles. The van der Waals surface area contributed by atoms with Gasteiger partial charge in [-0.1, -0.05) is 13.8 Å². The van der Waals surface area contributed by atoms with E-state index < -0.39 is 133 Å². The predicted octanol–water partition coefficient (Wildman–Crippen LogP) is -7.28. The van der Waals surface area contributed by atoms with Gasteiger partial charge in [0, 0.05) is 26.1 Å². The number of aliphatic hydroxyl groups is 2. The van der Waals surface area contributed by atoms with E-state index in [1.807, 2.05) is 0 Å². The zero-order valence-electron chi connectivity index (χ0n) is 36.6. The van der Waals surface area contributed by atoms with Crippen molar-refractivity contribution >= 4 is 65.1 Å². The second kappa shape index (κ2) is 27.7. The number of aliphatic carboxylic acids is 1. The third-order valence-electron chi connectivity index (χ3n) is 9.91. The van der Waals surface area contributed by atoms with Gasteiger partial charge in [0.15, 0.2) is 11.9 Å². The number of likely N-dealkylation sites (tertiary alicyclic amines) is 1. The lowest BCUT2D eigenvalue weighted by atomic mass is 10.0. The zero-order chi connectivity index (χ0) is 48.8. The highest BCUT2D eigenvalue weighted by atomic mass is 16.4. The van der Waals surface area contributed by atoms with E-state index in [2.05, 4.69) is 41.9 Å². The average molecular weight is 914 g/mol. The van der Waals surface area contributed by atoms with Crippen molar-refractivity contribution in [3.8, 4) is 0 Å². The van der Waals surface area contributed by atoms with Gasteiger partial charge in [-0.3, -0.25) is 48.3 Å². The number of hydrogen-bond donors (Lipinski definition) is 15. The number of nitrogens with one attached hydrogen (secondary N) is 6. The van der Waals surface area contributed by atoms with Gasteiger partial charge in [-0.15, -0.1) is 0 Å². The van der Waals surface area contributed by atoms with Crippen LogP contribution >= 0.6 is 0 Å². The summed E-state index contributed by atoms with van der Waals surface area (Å²) in [7, 11) is 0. The van der Waals surface area contributed by atoms with Gasteiger partial charge in [0.2, 0.25) is 47.3 Å². The molecule has 27 nitrogen and oxygen atoms in total. The Morgan fingerprint density at radius 2 is 1.20 bits per heavy atom. The minimum absolute atomic E-state index is 0.0156. The number of amides is 8. The predicted molar refractivity (Wildman–Crippen MR) is 229 cm³/mol. The number of carboxylic acids is 1. The second-order valence-electron chi connectivity index (χ2n) is 15.6. The third kappa shape index (κ3) is 19.4. The van der Waals surface area contributed by atoms with Crippen LogP contribution in [0.3, 0.4) is 0 Å². The van der Waals surface area contributed by atoms with Crippen LogP contribution in [0, 0.1) is 5.92 Å². The number of guanidine groups is 2. The molecule has 0 bridgehead atoms. The lowest BCUT2D eigenvalue weighted by Gasteiger charge is -2.31. The molecule has 9 atom stereocenters. The molecular formula is C37H67N15O12. The fourth-order valence-corrected chi connectivity index (χ4v) is 6.26. The van der Waals surface area contributed by atoms with Crippen molar-refractivity contribution in [3.05, 3.63) is 0 Å². The summed E-state index contributed by atoms with van der Waals surface area (Å²) in [6.07, 6.45) is -1.17. The van der Waals surface area contributed by atoms with Crippen LogP contribution in [0.2, 0.25) is 0 Å². The molecule has 362 valence electrons. The summed E-state index contributed by atoms with van der Waals surface area (Å²) in [5, 5.41) is 43.7. The Hall–Kier alpha value is -6.35. The Labute approximate surface area is 370 Å². The maximum atomic E-state index is 14.2. The van der Waals surface area contributed by atoms with Gasteiger partial charge in [0.1, 0.15) is 48.3 Å². The van der Waals surface area contributed by atoms with Crippen LogP contribution in [-0.2, 0) is 43.2 Å². The fraction of sp³-hybridized carbons (Fsp3) is 0.703. The van der Waals surface area contributed by atoms with Gasteiger partial charge in [0.25, 0.3) is 0 Å². The van der Waals surface area contributed by atoms with Crippen LogP contribution in [0.1, 0.15) is 79.1 Å². The highest BCUT2D eigenvalue weighted by molar-refractivity contribution is 5.98. The first-order valence-electron chi connectivity index (χ1n) is 20.7. The van der Waals surface area contributed by atoms with E-state index in [1.54, 1.807) is 13.8 Å². The summed E-state index contributed by atoms with van der Waals surface area (Å²) < 4.78 is 0. The average Bonchev–Trinajstić information content (AvgIpc) is 3.71. The fourth-order valence-electron chi connectivity index (χ4n) is 6.26. The third-order valence-corrected chi connectivity index (χ3v) is 9.91. The molecule has 1 heterocycles. The summed E-state index contributed by atoms with van der Waals surface area (Å²) in [4.78, 5) is 126. The maximum Gasteiger partial charge on any atom is 0.326 e. The molecule has 1 saturated heterocycles. The monoisotopic (exact) mass is 914 g/mol. The van der Waals surface area contributed by atoms with Gasteiger partial charge in [0.05, 0.1) is 12.7 Å². The van der Waals surface area contributed by atoms with Gasteiger partial charge in [-0.2, -0.15) is 0 Å². The Bertz CT molecular complexity index is 1700. The molecule has 21 N–H and O–H groups in total. The number of nitrogens with two attached hydrogens (primary N) is 6. The first-order chi connectivity index (χ1) is 29.9. The summed E-state index contributed by atoms with van der Waals surface area (Å²) in [5.41, 5.74) is 32.4. The Balaban J connectivity index is 3.30. The van der Waals surface area contributed by atoms with Crippen molar-refractivity contribution in [2.75, 3.05) is 26.2 Å². The molecule has 0 spiro atoms. The summed E-state index contributed by atoms with van der Waals surface area (Å²) in [6, 6.07) is -11.0. The quantitative estimate of drug-likeness (QED) is 0.0197. The van der Waals surface area contributed by atoms with Crippen LogP contribution in [0.5, 0.6) is 0 Å². The normalized spacial score (nSPS) is 17.1. The van der Waals surface area contributed by atoms with Crippen molar-refractivity contribution in [3.63, 3.8) is 0 Å². The first kappa shape index (κ1) is 55.7. The molecule has 0 aliphatic carbocycles. The molecule has 9 unspecified atom stereocenters. The molecule has 1 fully saturated rings. The molecule has 1 aliphatic rings. The molecule has 27 heteroatoms. The zero-order valence-corrected chi connectivity index (χ0v) is 36.6. The minimum Gasteiger partial charge on any atom is -0.480 e. The van der Waals surface area contributed by atoms with Crippen LogP contribution in [0.25, 0.3) is 0 Å². The van der Waals surface area contributed by atoms with E-state index in [0.29, 0.717) is 6.42 Å². The molecule has 0 saturated carbocycles. The van der Waals surface area contributed by atoms with Crippen LogP contribution in [0.15, 0.2) is 9.98 Å². The number of nitrogens with zero attached hydrogens (tertiary/aromatic N) is 3. The lowest BCUT2D eigenvalue weighted by Crippen LogP contribution is -2.61. The smallest absolute Gasteiger partial charge is 0.326 e. The van der Waals surface area contributed by atoms with Gasteiger partial charge >= 0.3 is 5.97 Å². The summed E-state index contributed by atoms with van der Waals surface area (Å²) in [6.45, 7) is 4.93. The molecule has 0 aromatic heterocycles. The van der Waals surface area contributed by atoms with E-state index in [-0.39, 0.29) is 63.7 Å². The number of aliphatic imine (C=N–C) groups is 2. The molecule has 1 rings (SSSR count). The molecule has 64 heavy (non-hydrogen) atoms. The summed E-state index contributed by atoms with van der Waals surface area (Å²) >= 11 is 0. The Morgan fingerprint density at radius 1 is 0.672 bits per heavy atom. The SMILES string of the molecule is CC(NC(=O)C(N)C(C)O)C(=O)NC(CO)C(=O)NC(CCC(N)=O)C(=O)NC(C(=O)NC(CCCN=C(N)N)C(=O)N1CCCC1C(=O)NC(CCCN=C(N)N)C(=O)O)C(C)C. The molecule has 0 aromatic carbocycles. The highest BCUT2D eigenvalue weighted by Gasteiger charge is 2.40. The van der Waals surface area contributed by atoms with E-state index in [9.17, 15) is 58.5 Å². The van der Waals surface area contributed by atoms with Crippen molar-refractivity contribution in [2.24, 2.45) is 50.3 Å². The van der Waals surface area contributed by atoms with Gasteiger partial charge in [-0.25, -0.2) is 4.79 Å². The van der Waals surface area contributed by atoms with Gasteiger partial charge < -0.3 is 86.5 Å². The van der Waals surface area contributed by atoms with Crippen LogP contribution in [0.4, 0.5) is 0 Å². The van der Waals surface area contributed by atoms with Crippen molar-refractivity contribution in [1.82, 2.24) is 36.8 Å². The highest BCUT2D eigenvalue weighted by Crippen LogP contribution is 2.21. The second-order valence-corrected chi connectivity index (χ2v) is 15.6. The van der Waals surface area contributed by atoms with Crippen molar-refractivity contribution in [1.29, 1.82) is 0 Å². The number of primary amides is 1. The van der Waals surface area contributed by atoms with E-state index in [0.717, 1.165) is 0 Å². The Kier molecular flexibility index (Phi) is 24.1. The lowest BCUT2D eigenvalue weighted by molar-refractivity contribution is -0.145. The maximum absolute atomic E-state index is 14.2. The standard InChI is InChI=1S/C37H67N15O12/c1-17(2)27(51-29(57)20(11-12-25(38)55)47-30(58)23(16-53)50-28(56)18(3)46-32(60)26(39)19(4)54)33(61)48-21(8-5-13-44-36(40)41)34(62)52-15-7-10-24(52)31(59)49-22(35(63)64)9-6-14-45-37(42)43/h17-24,26-27,53-54H,5-16,39H2,1-4H3,(H2,38,55)(H,46,60)(H,47,58)(H,48,61)(H,49,59)(H,50,56)(H,51,57)(H,63,64)(H4,40,41,44)(H4,42,43,45). The topological polar surface area (TPSA) is 471 Å². The van der Waals surface area contributed by atoms with Crippen molar-refractivity contribution in [2.45, 2.75) is 134 Å².